The van der Waals surface area contributed by atoms with Crippen molar-refractivity contribution < 1.29 is 0 Å². The quantitative estimate of drug-likeness (QED) is 0.890. The van der Waals surface area contributed by atoms with E-state index in [4.69, 9.17) is 0 Å². The first kappa shape index (κ1) is 13.3. The number of nitrogens with one attached hydrogen (secondary N) is 1. The van der Waals surface area contributed by atoms with Crippen LogP contribution in [0.1, 0.15) is 22.7 Å². The molecule has 0 amide bonds. The molecule has 1 nitrogen and oxygen atoms in total. The lowest BCUT2D eigenvalue weighted by atomic mass is 9.98. The zero-order valence-corrected chi connectivity index (χ0v) is 12.4. The molecule has 2 rings (SSSR count). The predicted molar refractivity (Wildman–Crippen MR) is 80.8 cm³/mol. The summed E-state index contributed by atoms with van der Waals surface area (Å²) in [6.07, 6.45) is 1.01. The van der Waals surface area contributed by atoms with E-state index in [1.807, 2.05) is 7.05 Å². The molecule has 2 heteroatoms. The van der Waals surface area contributed by atoms with Crippen LogP contribution in [-0.4, -0.2) is 7.05 Å². The van der Waals surface area contributed by atoms with Gasteiger partial charge in [-0.25, -0.2) is 0 Å². The second-order valence-electron chi connectivity index (χ2n) is 4.59. The Morgan fingerprint density at radius 1 is 1.11 bits per heavy atom. The minimum absolute atomic E-state index is 0.367. The summed E-state index contributed by atoms with van der Waals surface area (Å²) in [6, 6.07) is 17.6. The topological polar surface area (TPSA) is 12.0 Å². The van der Waals surface area contributed by atoms with E-state index in [0.717, 1.165) is 10.9 Å². The van der Waals surface area contributed by atoms with Gasteiger partial charge in [-0.2, -0.15) is 0 Å². The van der Waals surface area contributed by atoms with E-state index in [2.05, 4.69) is 76.7 Å². The third-order valence-electron chi connectivity index (χ3n) is 3.15. The number of benzene rings is 2. The van der Waals surface area contributed by atoms with Crippen molar-refractivity contribution in [2.45, 2.75) is 19.4 Å². The minimum atomic E-state index is 0.367. The van der Waals surface area contributed by atoms with Gasteiger partial charge in [0, 0.05) is 10.5 Å². The molecule has 0 heterocycles. The monoisotopic (exact) mass is 303 g/mol. The second-order valence-corrected chi connectivity index (χ2v) is 5.50. The molecule has 0 aliphatic carbocycles. The Morgan fingerprint density at radius 3 is 2.44 bits per heavy atom. The summed E-state index contributed by atoms with van der Waals surface area (Å²) < 4.78 is 1.13. The second kappa shape index (κ2) is 6.17. The zero-order valence-electron chi connectivity index (χ0n) is 10.8. The van der Waals surface area contributed by atoms with Gasteiger partial charge >= 0.3 is 0 Å². The van der Waals surface area contributed by atoms with Crippen LogP contribution in [0.15, 0.2) is 53.0 Å². The summed E-state index contributed by atoms with van der Waals surface area (Å²) in [6.45, 7) is 2.13. The van der Waals surface area contributed by atoms with E-state index in [9.17, 15) is 0 Å². The fourth-order valence-electron chi connectivity index (χ4n) is 2.13. The van der Waals surface area contributed by atoms with Crippen LogP contribution >= 0.6 is 15.9 Å². The third-order valence-corrected chi connectivity index (χ3v) is 3.67. The van der Waals surface area contributed by atoms with Crippen LogP contribution in [0.4, 0.5) is 0 Å². The van der Waals surface area contributed by atoms with Crippen LogP contribution in [0.25, 0.3) is 0 Å². The molecule has 1 atom stereocenters. The lowest BCUT2D eigenvalue weighted by molar-refractivity contribution is 0.591. The predicted octanol–water partition coefficient (Wildman–Crippen LogP) is 4.26. The maximum Gasteiger partial charge on any atom is 0.0358 e. The number of hydrogen-bond acceptors (Lipinski definition) is 1. The highest BCUT2D eigenvalue weighted by Crippen LogP contribution is 2.20. The van der Waals surface area contributed by atoms with E-state index >= 15 is 0 Å². The van der Waals surface area contributed by atoms with Crippen molar-refractivity contribution in [3.63, 3.8) is 0 Å². The molecule has 18 heavy (non-hydrogen) atoms. The van der Waals surface area contributed by atoms with E-state index in [1.165, 1.54) is 16.7 Å². The smallest absolute Gasteiger partial charge is 0.0358 e. The van der Waals surface area contributed by atoms with Crippen molar-refractivity contribution in [2.24, 2.45) is 0 Å². The molecular formula is C16H18BrN. The standard InChI is InChI=1S/C16H18BrN/c1-12-4-3-5-14(10-12)16(18-2)11-13-6-8-15(17)9-7-13/h3-10,16,18H,11H2,1-2H3. The molecule has 0 fully saturated rings. The lowest BCUT2D eigenvalue weighted by Gasteiger charge is -2.17. The summed E-state index contributed by atoms with van der Waals surface area (Å²) in [7, 11) is 2.02. The maximum atomic E-state index is 3.47. The molecule has 2 aromatic carbocycles. The summed E-state index contributed by atoms with van der Waals surface area (Å²) in [5.41, 5.74) is 4.00. The van der Waals surface area contributed by atoms with E-state index in [0.29, 0.717) is 6.04 Å². The molecule has 0 saturated carbocycles. The highest BCUT2D eigenvalue weighted by Gasteiger charge is 2.09. The molecule has 1 N–H and O–H groups in total. The average Bonchev–Trinajstić information content (AvgIpc) is 2.38. The summed E-state index contributed by atoms with van der Waals surface area (Å²) in [5.74, 6) is 0. The molecule has 1 unspecified atom stereocenters. The lowest BCUT2D eigenvalue weighted by Crippen LogP contribution is -2.18. The first-order valence-electron chi connectivity index (χ1n) is 6.17. The molecule has 94 valence electrons. The van der Waals surface area contributed by atoms with Crippen LogP contribution in [0, 0.1) is 6.92 Å². The third kappa shape index (κ3) is 3.44. The minimum Gasteiger partial charge on any atom is -0.313 e. The molecule has 0 aliphatic rings. The Morgan fingerprint density at radius 2 is 1.83 bits per heavy atom. The van der Waals surface area contributed by atoms with E-state index in [1.54, 1.807) is 0 Å². The summed E-state index contributed by atoms with van der Waals surface area (Å²) in [4.78, 5) is 0. The van der Waals surface area contributed by atoms with Crippen LogP contribution < -0.4 is 5.32 Å². The normalized spacial score (nSPS) is 12.4. The van der Waals surface area contributed by atoms with Crippen LogP contribution in [0.5, 0.6) is 0 Å². The molecule has 0 aliphatic heterocycles. The van der Waals surface area contributed by atoms with Gasteiger partial charge in [-0.3, -0.25) is 0 Å². The van der Waals surface area contributed by atoms with E-state index < -0.39 is 0 Å². The van der Waals surface area contributed by atoms with Gasteiger partial charge in [0.25, 0.3) is 0 Å². The largest absolute Gasteiger partial charge is 0.313 e. The first-order chi connectivity index (χ1) is 8.69. The van der Waals surface area contributed by atoms with Gasteiger partial charge in [-0.15, -0.1) is 0 Å². The number of aryl methyl sites for hydroxylation is 1. The molecule has 0 spiro atoms. The molecular weight excluding hydrogens is 286 g/mol. The maximum absolute atomic E-state index is 3.47. The van der Waals surface area contributed by atoms with Crippen molar-refractivity contribution >= 4 is 15.9 Å². The first-order valence-corrected chi connectivity index (χ1v) is 6.96. The van der Waals surface area contributed by atoms with Crippen LogP contribution in [0.3, 0.4) is 0 Å². The highest BCUT2D eigenvalue weighted by molar-refractivity contribution is 9.10. The van der Waals surface area contributed by atoms with Crippen LogP contribution in [-0.2, 0) is 6.42 Å². The molecule has 2 aromatic rings. The van der Waals surface area contributed by atoms with Crippen molar-refractivity contribution in [2.75, 3.05) is 7.05 Å². The average molecular weight is 304 g/mol. The molecule has 0 saturated heterocycles. The van der Waals surface area contributed by atoms with Crippen LogP contribution in [0.2, 0.25) is 0 Å². The van der Waals surface area contributed by atoms with Gasteiger partial charge in [-0.1, -0.05) is 57.9 Å². The van der Waals surface area contributed by atoms with Gasteiger partial charge in [0.2, 0.25) is 0 Å². The summed E-state index contributed by atoms with van der Waals surface area (Å²) in [5, 5.41) is 3.40. The molecule has 0 radical (unpaired) electrons. The fourth-order valence-corrected chi connectivity index (χ4v) is 2.39. The van der Waals surface area contributed by atoms with Gasteiger partial charge in [0.15, 0.2) is 0 Å². The Kier molecular flexibility index (Phi) is 4.56. The number of rotatable bonds is 4. The number of halogens is 1. The van der Waals surface area contributed by atoms with E-state index in [-0.39, 0.29) is 0 Å². The fraction of sp³-hybridized carbons (Fsp3) is 0.250. The van der Waals surface area contributed by atoms with Gasteiger partial charge in [0.05, 0.1) is 0 Å². The SMILES string of the molecule is CNC(Cc1ccc(Br)cc1)c1cccc(C)c1. The van der Waals surface area contributed by atoms with Crippen molar-refractivity contribution in [1.29, 1.82) is 0 Å². The van der Waals surface area contributed by atoms with Gasteiger partial charge in [-0.05, 0) is 43.7 Å². The number of hydrogen-bond donors (Lipinski definition) is 1. The van der Waals surface area contributed by atoms with Crippen molar-refractivity contribution in [3.8, 4) is 0 Å². The Bertz CT molecular complexity index is 505. The number of likely N-dealkylation sites (N-methyl/N-ethyl adjacent to an activating group) is 1. The highest BCUT2D eigenvalue weighted by atomic mass is 79.9. The molecule has 0 bridgehead atoms. The Balaban J connectivity index is 2.17. The summed E-state index contributed by atoms with van der Waals surface area (Å²) >= 11 is 3.47. The Labute approximate surface area is 117 Å². The Hall–Kier alpha value is -1.12. The van der Waals surface area contributed by atoms with Crippen molar-refractivity contribution in [1.82, 2.24) is 5.32 Å². The molecule has 0 aromatic heterocycles. The van der Waals surface area contributed by atoms with Crippen molar-refractivity contribution in [3.05, 3.63) is 69.7 Å². The van der Waals surface area contributed by atoms with Gasteiger partial charge in [0.1, 0.15) is 0 Å². The zero-order chi connectivity index (χ0) is 13.0. The van der Waals surface area contributed by atoms with Gasteiger partial charge < -0.3 is 5.32 Å².